The van der Waals surface area contributed by atoms with E-state index in [1.807, 2.05) is 12.1 Å². The minimum absolute atomic E-state index is 0.0133. The predicted molar refractivity (Wildman–Crippen MR) is 283 cm³/mol. The molecule has 1 aromatic heterocycles. The molecule has 66 heavy (non-hydrogen) atoms. The van der Waals surface area contributed by atoms with Crippen LogP contribution in [0.3, 0.4) is 0 Å². The van der Waals surface area contributed by atoms with Crippen molar-refractivity contribution >= 4 is 60.5 Å². The van der Waals surface area contributed by atoms with Crippen molar-refractivity contribution in [3.63, 3.8) is 0 Å². The molecule has 320 valence electrons. The number of rotatable bonds is 7. The normalized spacial score (nSPS) is 12.1. The minimum Gasteiger partial charge on any atom is -0.456 e. The molecule has 1 heterocycles. The highest BCUT2D eigenvalue weighted by Gasteiger charge is 2.25. The minimum atomic E-state index is -0.0133. The Morgan fingerprint density at radius 1 is 0.333 bits per heavy atom. The van der Waals surface area contributed by atoms with E-state index in [0.29, 0.717) is 0 Å². The molecular formula is C64H53NO. The molecule has 0 unspecified atom stereocenters. The van der Waals surface area contributed by atoms with Crippen LogP contribution in [0, 0.1) is 0 Å². The molecule has 0 bridgehead atoms. The van der Waals surface area contributed by atoms with Crippen LogP contribution < -0.4 is 4.90 Å². The Morgan fingerprint density at radius 3 is 1.56 bits per heavy atom. The summed E-state index contributed by atoms with van der Waals surface area (Å²) in [7, 11) is 0. The van der Waals surface area contributed by atoms with Crippen molar-refractivity contribution in [2.24, 2.45) is 0 Å². The molecule has 0 spiro atoms. The van der Waals surface area contributed by atoms with Gasteiger partial charge in [-0.15, -0.1) is 0 Å². The summed E-state index contributed by atoms with van der Waals surface area (Å²) >= 11 is 0. The maximum absolute atomic E-state index is 6.26. The average molecular weight is 852 g/mol. The molecule has 11 aromatic rings. The highest BCUT2D eigenvalue weighted by Crippen LogP contribution is 2.49. The maximum Gasteiger partial charge on any atom is 0.135 e. The third-order valence-electron chi connectivity index (χ3n) is 13.4. The Balaban J connectivity index is 1.16. The van der Waals surface area contributed by atoms with Crippen LogP contribution in [0.25, 0.3) is 88.0 Å². The van der Waals surface area contributed by atoms with Crippen LogP contribution in [-0.4, -0.2) is 0 Å². The molecule has 0 N–H and O–H groups in total. The summed E-state index contributed by atoms with van der Waals surface area (Å²) in [6.07, 6.45) is 0. The Bertz CT molecular complexity index is 3590. The number of nitrogens with zero attached hydrogens (tertiary/aromatic N) is 1. The Hall–Kier alpha value is -7.68. The van der Waals surface area contributed by atoms with Gasteiger partial charge < -0.3 is 9.32 Å². The van der Waals surface area contributed by atoms with Gasteiger partial charge in [-0.1, -0.05) is 211 Å². The molecular weight excluding hydrogens is 799 g/mol. The van der Waals surface area contributed by atoms with Gasteiger partial charge in [0.2, 0.25) is 0 Å². The van der Waals surface area contributed by atoms with E-state index in [2.05, 4.69) is 247 Å². The summed E-state index contributed by atoms with van der Waals surface area (Å²) in [4.78, 5) is 2.49. The lowest BCUT2D eigenvalue weighted by atomic mass is 9.78. The molecule has 2 heteroatoms. The zero-order valence-corrected chi connectivity index (χ0v) is 38.6. The summed E-state index contributed by atoms with van der Waals surface area (Å²) in [5, 5.41) is 7.14. The second-order valence-electron chi connectivity index (χ2n) is 19.8. The van der Waals surface area contributed by atoms with Crippen LogP contribution in [0.15, 0.2) is 217 Å². The van der Waals surface area contributed by atoms with Gasteiger partial charge in [0, 0.05) is 27.6 Å². The largest absolute Gasteiger partial charge is 0.456 e. The zero-order valence-electron chi connectivity index (χ0n) is 38.6. The van der Waals surface area contributed by atoms with Crippen molar-refractivity contribution in [2.75, 3.05) is 4.90 Å². The van der Waals surface area contributed by atoms with Crippen molar-refractivity contribution < 1.29 is 4.42 Å². The fraction of sp³-hybridized carbons (Fsp3) is 0.125. The molecule has 0 aliphatic heterocycles. The molecule has 0 aliphatic carbocycles. The number of hydrogen-bond donors (Lipinski definition) is 0. The van der Waals surface area contributed by atoms with E-state index in [0.717, 1.165) is 61.3 Å². The standard InChI is InChI=1S/C64H53NO/c1-63(2,3)47-37-46(38-48(41-47)64(4,5)6)51-29-17-21-43-22-18-31-56(62(43)51)54-27-10-13-33-59(54)65(58-32-12-9-26-53(58)52-30-16-20-42-19-7-8-25-50(42)52)49-24-15-23-44(39-49)45-35-36-61-57(40-45)55-28-11-14-34-60(55)66-61/h7-41H,1-6H3. The molecule has 0 atom stereocenters. The van der Waals surface area contributed by atoms with E-state index in [4.69, 9.17) is 4.42 Å². The SMILES string of the molecule is CC(C)(C)c1cc(-c2cccc3cccc(-c4ccccc4N(c4cccc(-c5ccc6oc7ccccc7c6c5)c4)c4ccccc4-c4cccc5ccccc45)c23)cc(C(C)(C)C)c1. The maximum atomic E-state index is 6.26. The summed E-state index contributed by atoms with van der Waals surface area (Å²) in [5.41, 5.74) is 17.2. The number of fused-ring (bicyclic) bond motifs is 5. The van der Waals surface area contributed by atoms with E-state index in [-0.39, 0.29) is 10.8 Å². The molecule has 0 saturated heterocycles. The Kier molecular flexibility index (Phi) is 10.0. The molecule has 0 aliphatic rings. The number of anilines is 3. The highest BCUT2D eigenvalue weighted by molar-refractivity contribution is 6.10. The van der Waals surface area contributed by atoms with Crippen LogP contribution in [0.2, 0.25) is 0 Å². The predicted octanol–water partition coefficient (Wildman–Crippen LogP) is 18.6. The number of hydrogen-bond acceptors (Lipinski definition) is 2. The second kappa shape index (κ2) is 16.1. The summed E-state index contributed by atoms with van der Waals surface area (Å²) in [6, 6.07) is 78.0. The van der Waals surface area contributed by atoms with Crippen LogP contribution in [0.5, 0.6) is 0 Å². The summed E-state index contributed by atoms with van der Waals surface area (Å²) < 4.78 is 6.26. The van der Waals surface area contributed by atoms with Gasteiger partial charge in [-0.3, -0.25) is 0 Å². The summed E-state index contributed by atoms with van der Waals surface area (Å²) in [6.45, 7) is 13.9. The van der Waals surface area contributed by atoms with Crippen LogP contribution >= 0.6 is 0 Å². The van der Waals surface area contributed by atoms with Gasteiger partial charge in [0.05, 0.1) is 11.4 Å². The molecule has 0 amide bonds. The monoisotopic (exact) mass is 851 g/mol. The van der Waals surface area contributed by atoms with Gasteiger partial charge >= 0.3 is 0 Å². The van der Waals surface area contributed by atoms with Crippen LogP contribution in [0.1, 0.15) is 52.7 Å². The number of benzene rings is 10. The van der Waals surface area contributed by atoms with Gasteiger partial charge in [-0.2, -0.15) is 0 Å². The average Bonchev–Trinajstić information content (AvgIpc) is 3.71. The first kappa shape index (κ1) is 41.1. The van der Waals surface area contributed by atoms with E-state index in [1.165, 1.54) is 54.9 Å². The topological polar surface area (TPSA) is 16.4 Å². The fourth-order valence-corrected chi connectivity index (χ4v) is 9.85. The first-order valence-electron chi connectivity index (χ1n) is 23.2. The molecule has 11 rings (SSSR count). The van der Waals surface area contributed by atoms with Gasteiger partial charge in [0.15, 0.2) is 0 Å². The lowest BCUT2D eigenvalue weighted by Gasteiger charge is -2.31. The van der Waals surface area contributed by atoms with Gasteiger partial charge in [-0.05, 0) is 119 Å². The Labute approximate surface area is 388 Å². The van der Waals surface area contributed by atoms with Crippen LogP contribution in [0.4, 0.5) is 17.1 Å². The van der Waals surface area contributed by atoms with Gasteiger partial charge in [0.1, 0.15) is 11.2 Å². The molecule has 0 fully saturated rings. The quantitative estimate of drug-likeness (QED) is 0.159. The van der Waals surface area contributed by atoms with E-state index < -0.39 is 0 Å². The van der Waals surface area contributed by atoms with E-state index in [9.17, 15) is 0 Å². The Morgan fingerprint density at radius 2 is 0.848 bits per heavy atom. The van der Waals surface area contributed by atoms with Gasteiger partial charge in [-0.25, -0.2) is 0 Å². The first-order valence-corrected chi connectivity index (χ1v) is 23.2. The first-order chi connectivity index (χ1) is 32.0. The second-order valence-corrected chi connectivity index (χ2v) is 19.8. The van der Waals surface area contributed by atoms with Gasteiger partial charge in [0.25, 0.3) is 0 Å². The molecule has 0 saturated carbocycles. The van der Waals surface area contributed by atoms with Crippen molar-refractivity contribution in [2.45, 2.75) is 52.4 Å². The third-order valence-corrected chi connectivity index (χ3v) is 13.4. The van der Waals surface area contributed by atoms with Crippen molar-refractivity contribution in [3.05, 3.63) is 223 Å². The van der Waals surface area contributed by atoms with E-state index >= 15 is 0 Å². The van der Waals surface area contributed by atoms with Crippen molar-refractivity contribution in [1.82, 2.24) is 0 Å². The zero-order chi connectivity index (χ0) is 45.2. The lowest BCUT2D eigenvalue weighted by Crippen LogP contribution is -2.16. The smallest absolute Gasteiger partial charge is 0.135 e. The summed E-state index contributed by atoms with van der Waals surface area (Å²) in [5.74, 6) is 0. The van der Waals surface area contributed by atoms with Crippen LogP contribution in [-0.2, 0) is 10.8 Å². The lowest BCUT2D eigenvalue weighted by molar-refractivity contribution is 0.569. The fourth-order valence-electron chi connectivity index (χ4n) is 9.85. The molecule has 0 radical (unpaired) electrons. The number of furan rings is 1. The third kappa shape index (κ3) is 7.33. The molecule has 2 nitrogen and oxygen atoms in total. The molecule has 10 aromatic carbocycles. The number of para-hydroxylation sites is 3. The van der Waals surface area contributed by atoms with E-state index in [1.54, 1.807) is 0 Å². The highest BCUT2D eigenvalue weighted by atomic mass is 16.3. The van der Waals surface area contributed by atoms with Crippen molar-refractivity contribution in [1.29, 1.82) is 0 Å². The van der Waals surface area contributed by atoms with Crippen molar-refractivity contribution in [3.8, 4) is 44.5 Å².